The first kappa shape index (κ1) is 18.1. The van der Waals surface area contributed by atoms with E-state index in [1.54, 1.807) is 50.5 Å². The number of fused-ring (bicyclic) bond motifs is 1. The van der Waals surface area contributed by atoms with Crippen molar-refractivity contribution < 1.29 is 17.6 Å². The Bertz CT molecular complexity index is 989. The molecule has 2 aromatic rings. The second-order valence-electron chi connectivity index (χ2n) is 6.08. The van der Waals surface area contributed by atoms with Crippen molar-refractivity contribution in [2.45, 2.75) is 11.4 Å². The molecule has 0 spiro atoms. The van der Waals surface area contributed by atoms with E-state index < -0.39 is 10.0 Å². The van der Waals surface area contributed by atoms with Crippen LogP contribution in [0.5, 0.6) is 0 Å². The van der Waals surface area contributed by atoms with Gasteiger partial charge in [-0.05, 0) is 18.2 Å². The van der Waals surface area contributed by atoms with Crippen LogP contribution >= 0.6 is 0 Å². The minimum atomic E-state index is -3.74. The highest BCUT2D eigenvalue weighted by Crippen LogP contribution is 2.26. The fraction of sp³-hybridized carbons (Fsp3) is 0.222. The monoisotopic (exact) mass is 375 g/mol. The van der Waals surface area contributed by atoms with Crippen LogP contribution < -0.4 is 0 Å². The number of hydrogen-bond donors (Lipinski definition) is 0. The van der Waals surface area contributed by atoms with Gasteiger partial charge >= 0.3 is 0 Å². The maximum Gasteiger partial charge on any atom is 0.285 e. The van der Waals surface area contributed by atoms with Crippen molar-refractivity contribution in [1.82, 2.24) is 9.80 Å². The Morgan fingerprint density at radius 3 is 2.46 bits per heavy atom. The number of nitrogens with zero attached hydrogens (tertiary/aromatic N) is 3. The minimum Gasteiger partial charge on any atom is -0.349 e. The van der Waals surface area contributed by atoms with E-state index in [4.69, 9.17) is 0 Å². The smallest absolute Gasteiger partial charge is 0.285 e. The molecule has 0 saturated carbocycles. The summed E-state index contributed by atoms with van der Waals surface area (Å²) in [5.41, 5.74) is 0.886. The lowest BCUT2D eigenvalue weighted by atomic mass is 10.2. The summed E-state index contributed by atoms with van der Waals surface area (Å²) >= 11 is 0. The van der Waals surface area contributed by atoms with Crippen LogP contribution in [0.3, 0.4) is 0 Å². The molecule has 0 atom stereocenters. The molecule has 0 aliphatic carbocycles. The molecule has 136 valence electrons. The van der Waals surface area contributed by atoms with E-state index in [1.807, 2.05) is 0 Å². The first-order valence-corrected chi connectivity index (χ1v) is 9.36. The van der Waals surface area contributed by atoms with Gasteiger partial charge in [-0.15, -0.1) is 4.40 Å². The Morgan fingerprint density at radius 1 is 1.08 bits per heavy atom. The normalized spacial score (nSPS) is 14.5. The maximum atomic E-state index is 13.7. The van der Waals surface area contributed by atoms with Gasteiger partial charge in [0, 0.05) is 31.8 Å². The molecule has 2 aromatic carbocycles. The SMILES string of the molecule is CN(Cc1ccccc1F)C(=O)CN(C)C1=NS(=O)(=O)c2ccccc21. The molecule has 1 aliphatic rings. The average molecular weight is 375 g/mol. The molecule has 0 fully saturated rings. The summed E-state index contributed by atoms with van der Waals surface area (Å²) in [6.07, 6.45) is 0. The average Bonchev–Trinajstić information content (AvgIpc) is 2.89. The third-order valence-corrected chi connectivity index (χ3v) is 5.46. The molecule has 0 bridgehead atoms. The van der Waals surface area contributed by atoms with E-state index >= 15 is 0 Å². The number of carbonyl (C=O) groups excluding carboxylic acids is 1. The van der Waals surface area contributed by atoms with Crippen LogP contribution in [0, 0.1) is 5.82 Å². The number of rotatable bonds is 4. The maximum absolute atomic E-state index is 13.7. The number of likely N-dealkylation sites (N-methyl/N-ethyl adjacent to an activating group) is 2. The molecule has 0 aromatic heterocycles. The molecular weight excluding hydrogens is 357 g/mol. The predicted octanol–water partition coefficient (Wildman–Crippen LogP) is 1.87. The van der Waals surface area contributed by atoms with Crippen molar-refractivity contribution in [1.29, 1.82) is 0 Å². The van der Waals surface area contributed by atoms with Gasteiger partial charge in [-0.2, -0.15) is 8.42 Å². The Balaban J connectivity index is 1.73. The van der Waals surface area contributed by atoms with Crippen molar-refractivity contribution in [2.24, 2.45) is 4.40 Å². The van der Waals surface area contributed by atoms with E-state index in [9.17, 15) is 17.6 Å². The van der Waals surface area contributed by atoms with Crippen molar-refractivity contribution in [3.63, 3.8) is 0 Å². The highest BCUT2D eigenvalue weighted by Gasteiger charge is 2.31. The summed E-state index contributed by atoms with van der Waals surface area (Å²) in [6.45, 7) is 0.0499. The second kappa shape index (κ2) is 6.87. The summed E-state index contributed by atoms with van der Waals surface area (Å²) in [5.74, 6) is -0.422. The number of hydrogen-bond acceptors (Lipinski definition) is 4. The van der Waals surface area contributed by atoms with Gasteiger partial charge in [-0.3, -0.25) is 4.79 Å². The van der Waals surface area contributed by atoms with E-state index in [0.29, 0.717) is 11.1 Å². The van der Waals surface area contributed by atoms with Crippen LogP contribution in [0.25, 0.3) is 0 Å². The number of carbonyl (C=O) groups is 1. The van der Waals surface area contributed by atoms with Gasteiger partial charge in [0.25, 0.3) is 10.0 Å². The largest absolute Gasteiger partial charge is 0.349 e. The Kier molecular flexibility index (Phi) is 4.78. The van der Waals surface area contributed by atoms with Gasteiger partial charge in [-0.25, -0.2) is 4.39 Å². The summed E-state index contributed by atoms with van der Waals surface area (Å²) in [5, 5.41) is 0. The minimum absolute atomic E-state index is 0.0758. The van der Waals surface area contributed by atoms with Gasteiger partial charge in [-0.1, -0.05) is 30.3 Å². The molecule has 1 heterocycles. The standard InChI is InChI=1S/C18H18FN3O3S/c1-21(11-13-7-3-5-9-15(13)19)17(23)12-22(2)18-14-8-4-6-10-16(14)26(24,25)20-18/h3-10H,11-12H2,1-2H3. The zero-order chi connectivity index (χ0) is 18.9. The molecule has 6 nitrogen and oxygen atoms in total. The molecular formula is C18H18FN3O3S. The summed E-state index contributed by atoms with van der Waals surface area (Å²) in [7, 11) is -0.563. The van der Waals surface area contributed by atoms with E-state index in [0.717, 1.165) is 0 Å². The summed E-state index contributed by atoms with van der Waals surface area (Å²) in [4.78, 5) is 15.5. The topological polar surface area (TPSA) is 70.1 Å². The lowest BCUT2D eigenvalue weighted by Gasteiger charge is -2.23. The number of amides is 1. The molecule has 1 aliphatic heterocycles. The summed E-state index contributed by atoms with van der Waals surface area (Å²) in [6, 6.07) is 12.7. The van der Waals surface area contributed by atoms with Gasteiger partial charge in [0.1, 0.15) is 10.7 Å². The van der Waals surface area contributed by atoms with Gasteiger partial charge < -0.3 is 9.80 Å². The van der Waals surface area contributed by atoms with Gasteiger partial charge in [0.15, 0.2) is 5.84 Å². The third kappa shape index (κ3) is 3.45. The lowest BCUT2D eigenvalue weighted by molar-refractivity contribution is -0.130. The Morgan fingerprint density at radius 2 is 1.73 bits per heavy atom. The number of sulfonamides is 1. The van der Waals surface area contributed by atoms with Crippen LogP contribution in [-0.4, -0.2) is 50.6 Å². The predicted molar refractivity (Wildman–Crippen MR) is 95.7 cm³/mol. The number of halogens is 1. The molecule has 26 heavy (non-hydrogen) atoms. The molecule has 0 unspecified atom stereocenters. The van der Waals surface area contributed by atoms with Crippen LogP contribution in [0.2, 0.25) is 0 Å². The molecule has 0 saturated heterocycles. The van der Waals surface area contributed by atoms with Crippen LogP contribution in [0.15, 0.2) is 57.8 Å². The lowest BCUT2D eigenvalue weighted by Crippen LogP contribution is -2.39. The van der Waals surface area contributed by atoms with Gasteiger partial charge in [0.05, 0.1) is 6.54 Å². The van der Waals surface area contributed by atoms with Crippen LogP contribution in [0.4, 0.5) is 4.39 Å². The number of amidine groups is 1. The van der Waals surface area contributed by atoms with Crippen LogP contribution in [-0.2, 0) is 21.4 Å². The van der Waals surface area contributed by atoms with Crippen LogP contribution in [0.1, 0.15) is 11.1 Å². The molecule has 1 amide bonds. The second-order valence-corrected chi connectivity index (χ2v) is 7.66. The molecule has 0 N–H and O–H groups in total. The highest BCUT2D eigenvalue weighted by atomic mass is 32.2. The fourth-order valence-corrected chi connectivity index (χ4v) is 3.98. The molecule has 0 radical (unpaired) electrons. The van der Waals surface area contributed by atoms with E-state index in [2.05, 4.69) is 4.40 Å². The summed E-state index contributed by atoms with van der Waals surface area (Å²) < 4.78 is 41.8. The van der Waals surface area contributed by atoms with Crippen molar-refractivity contribution in [2.75, 3.05) is 20.6 Å². The Hall–Kier alpha value is -2.74. The fourth-order valence-electron chi connectivity index (χ4n) is 2.73. The first-order chi connectivity index (χ1) is 12.3. The third-order valence-electron chi connectivity index (χ3n) is 4.14. The highest BCUT2D eigenvalue weighted by molar-refractivity contribution is 7.90. The molecule has 3 rings (SSSR count). The Labute approximate surface area is 151 Å². The van der Waals surface area contributed by atoms with E-state index in [-0.39, 0.29) is 35.5 Å². The van der Waals surface area contributed by atoms with E-state index in [1.165, 1.54) is 21.9 Å². The first-order valence-electron chi connectivity index (χ1n) is 7.92. The molecule has 8 heteroatoms. The number of benzene rings is 2. The quantitative estimate of drug-likeness (QED) is 0.818. The van der Waals surface area contributed by atoms with Crippen molar-refractivity contribution >= 4 is 21.8 Å². The van der Waals surface area contributed by atoms with Crippen molar-refractivity contribution in [3.05, 3.63) is 65.5 Å². The zero-order valence-electron chi connectivity index (χ0n) is 14.4. The zero-order valence-corrected chi connectivity index (χ0v) is 15.2. The van der Waals surface area contributed by atoms with Gasteiger partial charge in [0.2, 0.25) is 5.91 Å². The van der Waals surface area contributed by atoms with Crippen molar-refractivity contribution in [3.8, 4) is 0 Å².